The van der Waals surface area contributed by atoms with Crippen molar-refractivity contribution in [3.63, 3.8) is 0 Å². The molecule has 61 heavy (non-hydrogen) atoms. The quantitative estimate of drug-likeness (QED) is 0.131. The summed E-state index contributed by atoms with van der Waals surface area (Å²) in [6, 6.07) is -0.680. The summed E-state index contributed by atoms with van der Waals surface area (Å²) in [5.74, 6) is -3.34. The fourth-order valence-electron chi connectivity index (χ4n) is 10.5. The van der Waals surface area contributed by atoms with Crippen LogP contribution in [0.4, 0.5) is 0 Å². The van der Waals surface area contributed by atoms with Gasteiger partial charge in [0.05, 0.1) is 47.6 Å². The normalized spacial score (nSPS) is 45.4. The number of cyclic esters (lactones) is 1. The Bertz CT molecular complexity index is 1320. The molecule has 0 aromatic heterocycles. The molecular formula is C46H89N3O12. The van der Waals surface area contributed by atoms with Crippen molar-refractivity contribution in [3.05, 3.63) is 0 Å². The molecule has 3 unspecified atom stereocenters. The van der Waals surface area contributed by atoms with Crippen LogP contribution in [0.5, 0.6) is 0 Å². The van der Waals surface area contributed by atoms with Gasteiger partial charge in [0.25, 0.3) is 0 Å². The Morgan fingerprint density at radius 3 is 2.08 bits per heavy atom. The summed E-state index contributed by atoms with van der Waals surface area (Å²) >= 11 is 0. The molecule has 0 aliphatic carbocycles. The summed E-state index contributed by atoms with van der Waals surface area (Å²) in [4.78, 5) is 18.8. The van der Waals surface area contributed by atoms with Crippen molar-refractivity contribution in [2.45, 2.75) is 225 Å². The fraction of sp³-hybridized carbons (Fsp3) is 0.978. The smallest absolute Gasteiger partial charge is 0.311 e. The summed E-state index contributed by atoms with van der Waals surface area (Å²) in [5.41, 5.74) is -4.52. The van der Waals surface area contributed by atoms with Crippen LogP contribution in [0, 0.1) is 23.7 Å². The second-order valence-electron chi connectivity index (χ2n) is 20.0. The van der Waals surface area contributed by atoms with Crippen LogP contribution < -0.4 is 5.32 Å². The lowest BCUT2D eigenvalue weighted by atomic mass is 9.72. The molecule has 0 aromatic rings. The van der Waals surface area contributed by atoms with Crippen molar-refractivity contribution in [1.29, 1.82) is 0 Å². The van der Waals surface area contributed by atoms with Gasteiger partial charge < -0.3 is 69.1 Å². The third-order valence-electron chi connectivity index (χ3n) is 14.6. The SMILES string of the molecule is CCC1OC(=O)[C@H](C)C(O[C@H]2C[C@@](C)(OC)[C@@H](O)[C@H](C)O2)[C@H](C)[C@@H](O[C@@H]2O[C@H](C)C[C@H](N(C)C)[C@H]2O)[C@](C)(O)C[C@@H](C)[C@H](NC(C)CCCN(CC)CC)[C@H](C)[C@@H](O)[C@]1(C)O. The molecule has 15 heteroatoms. The molecule has 0 radical (unpaired) electrons. The number of carbonyl (C=O) groups excluding carboxylic acids is 1. The zero-order valence-corrected chi connectivity index (χ0v) is 40.7. The first-order valence-electron chi connectivity index (χ1n) is 23.3. The summed E-state index contributed by atoms with van der Waals surface area (Å²) in [5, 5.41) is 63.9. The number of hydrogen-bond donors (Lipinski definition) is 6. The Morgan fingerprint density at radius 1 is 0.902 bits per heavy atom. The molecule has 0 saturated carbocycles. The van der Waals surface area contributed by atoms with Crippen LogP contribution in [0.15, 0.2) is 0 Å². The van der Waals surface area contributed by atoms with Crippen LogP contribution in [0.2, 0.25) is 0 Å². The fourth-order valence-corrected chi connectivity index (χ4v) is 10.5. The van der Waals surface area contributed by atoms with Crippen molar-refractivity contribution in [2.24, 2.45) is 23.7 Å². The average molecular weight is 876 g/mol. The topological polar surface area (TPSA) is 192 Å². The molecule has 3 aliphatic rings. The van der Waals surface area contributed by atoms with E-state index in [1.807, 2.05) is 46.7 Å². The molecule has 3 saturated heterocycles. The van der Waals surface area contributed by atoms with Gasteiger partial charge in [-0.25, -0.2) is 0 Å². The van der Waals surface area contributed by atoms with Crippen molar-refractivity contribution < 1.29 is 58.7 Å². The van der Waals surface area contributed by atoms with Gasteiger partial charge >= 0.3 is 5.97 Å². The lowest BCUT2D eigenvalue weighted by Gasteiger charge is -2.50. The number of methoxy groups -OCH3 is 1. The number of aliphatic hydroxyl groups excluding tert-OH is 3. The van der Waals surface area contributed by atoms with E-state index in [1.165, 1.54) is 14.0 Å². The highest BCUT2D eigenvalue weighted by molar-refractivity contribution is 5.73. The Balaban J connectivity index is 2.20. The van der Waals surface area contributed by atoms with Crippen LogP contribution in [-0.2, 0) is 33.2 Å². The summed E-state index contributed by atoms with van der Waals surface area (Å²) < 4.78 is 38.1. The molecule has 20 atom stereocenters. The predicted molar refractivity (Wildman–Crippen MR) is 235 cm³/mol. The largest absolute Gasteiger partial charge is 0.459 e. The third kappa shape index (κ3) is 13.3. The van der Waals surface area contributed by atoms with Crippen LogP contribution in [0.3, 0.4) is 0 Å². The van der Waals surface area contributed by atoms with Gasteiger partial charge in [-0.05, 0) is 120 Å². The molecule has 3 heterocycles. The van der Waals surface area contributed by atoms with Gasteiger partial charge in [-0.1, -0.05) is 41.5 Å². The zero-order valence-electron chi connectivity index (χ0n) is 40.7. The molecule has 3 aliphatic heterocycles. The Morgan fingerprint density at radius 2 is 1.52 bits per heavy atom. The minimum Gasteiger partial charge on any atom is -0.459 e. The van der Waals surface area contributed by atoms with E-state index in [9.17, 15) is 30.3 Å². The van der Waals surface area contributed by atoms with E-state index >= 15 is 0 Å². The summed E-state index contributed by atoms with van der Waals surface area (Å²) in [7, 11) is 5.31. The van der Waals surface area contributed by atoms with E-state index in [2.05, 4.69) is 31.0 Å². The number of aliphatic hydroxyl groups is 5. The Hall–Kier alpha value is -1.05. The molecule has 15 nitrogen and oxygen atoms in total. The molecule has 0 spiro atoms. The number of nitrogens with one attached hydrogen (secondary N) is 1. The van der Waals surface area contributed by atoms with E-state index in [1.54, 1.807) is 34.6 Å². The molecule has 0 aromatic carbocycles. The summed E-state index contributed by atoms with van der Waals surface area (Å²) in [6.45, 7) is 27.2. The number of carbonyl (C=O) groups is 1. The van der Waals surface area contributed by atoms with Crippen LogP contribution >= 0.6 is 0 Å². The number of hydrogen-bond acceptors (Lipinski definition) is 15. The highest BCUT2D eigenvalue weighted by atomic mass is 16.7. The number of likely N-dealkylation sites (N-methyl/N-ethyl adjacent to an activating group) is 1. The Kier molecular flexibility index (Phi) is 20.4. The van der Waals surface area contributed by atoms with Gasteiger partial charge in [-0.15, -0.1) is 0 Å². The van der Waals surface area contributed by atoms with E-state index in [0.717, 1.165) is 32.5 Å². The maximum Gasteiger partial charge on any atom is 0.311 e. The number of esters is 1. The third-order valence-corrected chi connectivity index (χ3v) is 14.6. The van der Waals surface area contributed by atoms with Crippen LogP contribution in [0.1, 0.15) is 129 Å². The van der Waals surface area contributed by atoms with E-state index in [4.69, 9.17) is 28.4 Å². The minimum atomic E-state index is -1.85. The lowest BCUT2D eigenvalue weighted by Crippen LogP contribution is -2.62. The van der Waals surface area contributed by atoms with Crippen molar-refractivity contribution >= 4 is 5.97 Å². The first-order chi connectivity index (χ1) is 28.3. The van der Waals surface area contributed by atoms with Gasteiger partial charge in [0.1, 0.15) is 23.9 Å². The van der Waals surface area contributed by atoms with Gasteiger partial charge in [0.2, 0.25) is 0 Å². The number of ether oxygens (including phenoxy) is 6. The molecule has 0 amide bonds. The number of nitrogens with zero attached hydrogens (tertiary/aromatic N) is 2. The van der Waals surface area contributed by atoms with E-state index in [-0.39, 0.29) is 43.4 Å². The van der Waals surface area contributed by atoms with Gasteiger partial charge in [-0.3, -0.25) is 4.79 Å². The van der Waals surface area contributed by atoms with Crippen LogP contribution in [-0.4, -0.2) is 178 Å². The molecule has 6 N–H and O–H groups in total. The predicted octanol–water partition coefficient (Wildman–Crippen LogP) is 3.69. The van der Waals surface area contributed by atoms with Crippen molar-refractivity contribution in [3.8, 4) is 0 Å². The molecular weight excluding hydrogens is 787 g/mol. The highest BCUT2D eigenvalue weighted by Crippen LogP contribution is 2.41. The van der Waals surface area contributed by atoms with Gasteiger partial charge in [0, 0.05) is 43.5 Å². The first kappa shape index (κ1) is 54.3. The van der Waals surface area contributed by atoms with Gasteiger partial charge in [-0.2, -0.15) is 0 Å². The second-order valence-corrected chi connectivity index (χ2v) is 20.0. The average Bonchev–Trinajstić information content (AvgIpc) is 3.19. The highest BCUT2D eigenvalue weighted by Gasteiger charge is 2.53. The van der Waals surface area contributed by atoms with Crippen molar-refractivity contribution in [2.75, 3.05) is 40.8 Å². The lowest BCUT2D eigenvalue weighted by molar-refractivity contribution is -0.318. The maximum absolute atomic E-state index is 14.5. The van der Waals surface area contributed by atoms with Crippen LogP contribution in [0.25, 0.3) is 0 Å². The molecule has 3 fully saturated rings. The minimum absolute atomic E-state index is 0.0280. The summed E-state index contributed by atoms with van der Waals surface area (Å²) in [6.07, 6.45) is -6.69. The zero-order chi connectivity index (χ0) is 46.4. The van der Waals surface area contributed by atoms with E-state index < -0.39 is 102 Å². The second kappa shape index (κ2) is 22.9. The molecule has 360 valence electrons. The number of rotatable bonds is 15. The first-order valence-corrected chi connectivity index (χ1v) is 23.3. The standard InChI is InChI=1S/C46H89N3O12/c1-17-34-46(13,55)39(51)29(7)36(47-27(5)21-20-22-49(18-2)19-3)26(4)24-44(11,54)41(61-43-37(50)33(48(14)15)23-28(6)57-43)30(8)38(31(9)42(53)59-34)60-35-25-45(12,56-16)40(52)32(10)58-35/h26-41,43,47,50-52,54-55H,17-25H2,1-16H3/t26-,27?,28-,29+,30+,31-,32+,33+,34?,35+,36+,37-,38?,39-,40+,41-,43+,44-,45-,46-/m1/s1. The van der Waals surface area contributed by atoms with Gasteiger partial charge in [0.15, 0.2) is 12.6 Å². The monoisotopic (exact) mass is 876 g/mol. The molecule has 0 bridgehead atoms. The van der Waals surface area contributed by atoms with E-state index in [0.29, 0.717) is 6.42 Å². The molecule has 3 rings (SSSR count). The Labute approximate surface area is 368 Å². The van der Waals surface area contributed by atoms with Crippen molar-refractivity contribution in [1.82, 2.24) is 15.1 Å². The maximum atomic E-state index is 14.5.